The van der Waals surface area contributed by atoms with Gasteiger partial charge in [0.2, 0.25) is 0 Å². The predicted molar refractivity (Wildman–Crippen MR) is 60.0 cm³/mol. The quantitative estimate of drug-likeness (QED) is 0.752. The van der Waals surface area contributed by atoms with Gasteiger partial charge < -0.3 is 14.8 Å². The van der Waals surface area contributed by atoms with Crippen molar-refractivity contribution in [2.75, 3.05) is 7.11 Å². The molecule has 0 unspecified atom stereocenters. The van der Waals surface area contributed by atoms with Crippen molar-refractivity contribution in [2.45, 2.75) is 45.3 Å². The first-order chi connectivity index (χ1) is 7.80. The Kier molecular flexibility index (Phi) is 6.03. The van der Waals surface area contributed by atoms with Gasteiger partial charge in [-0.15, -0.1) is 0 Å². The topological polar surface area (TPSA) is 88.4 Å². The van der Waals surface area contributed by atoms with Gasteiger partial charge in [0.05, 0.1) is 13.2 Å². The summed E-state index contributed by atoms with van der Waals surface area (Å²) in [6.45, 7) is 5.15. The molecule has 0 spiro atoms. The highest BCUT2D eigenvalue weighted by Gasteiger charge is 2.24. The van der Waals surface area contributed by atoms with Crippen molar-refractivity contribution in [1.82, 2.24) is 5.32 Å². The van der Waals surface area contributed by atoms with Crippen LogP contribution in [0.3, 0.4) is 0 Å². The summed E-state index contributed by atoms with van der Waals surface area (Å²) in [7, 11) is 1.22. The molecule has 1 N–H and O–H groups in total. The molecule has 0 saturated carbocycles. The van der Waals surface area contributed by atoms with E-state index in [1.807, 2.05) is 6.07 Å². The van der Waals surface area contributed by atoms with Gasteiger partial charge in [-0.3, -0.25) is 0 Å². The van der Waals surface area contributed by atoms with Crippen molar-refractivity contribution in [3.8, 4) is 6.07 Å². The van der Waals surface area contributed by atoms with Crippen molar-refractivity contribution >= 4 is 12.1 Å². The lowest BCUT2D eigenvalue weighted by atomic mass is 10.1. The Balaban J connectivity index is 4.38. The molecule has 0 radical (unpaired) electrons. The van der Waals surface area contributed by atoms with Gasteiger partial charge in [-0.25, -0.2) is 9.59 Å². The Bertz CT molecular complexity index is 314. The number of nitrogens with zero attached hydrogens (tertiary/aromatic N) is 1. The van der Waals surface area contributed by atoms with Gasteiger partial charge in [-0.1, -0.05) is 0 Å². The summed E-state index contributed by atoms with van der Waals surface area (Å²) in [6.07, 6.45) is -0.358. The first kappa shape index (κ1) is 15.2. The van der Waals surface area contributed by atoms with Gasteiger partial charge in [0.15, 0.2) is 0 Å². The molecule has 0 heterocycles. The van der Waals surface area contributed by atoms with E-state index in [1.165, 1.54) is 7.11 Å². The van der Waals surface area contributed by atoms with Crippen molar-refractivity contribution in [3.63, 3.8) is 0 Å². The van der Waals surface area contributed by atoms with Crippen LogP contribution in [0.5, 0.6) is 0 Å². The van der Waals surface area contributed by atoms with Crippen LogP contribution in [-0.2, 0) is 14.3 Å². The molecule has 0 fully saturated rings. The summed E-state index contributed by atoms with van der Waals surface area (Å²) in [5.74, 6) is -0.592. The number of methoxy groups -OCH3 is 1. The van der Waals surface area contributed by atoms with Crippen LogP contribution in [0.4, 0.5) is 4.79 Å². The van der Waals surface area contributed by atoms with Crippen LogP contribution < -0.4 is 5.32 Å². The van der Waals surface area contributed by atoms with Gasteiger partial charge in [-0.05, 0) is 27.2 Å². The number of rotatable bonds is 4. The largest absolute Gasteiger partial charge is 0.467 e. The third kappa shape index (κ3) is 7.17. The average Bonchev–Trinajstić information content (AvgIpc) is 2.20. The molecule has 1 atom stereocenters. The fourth-order valence-corrected chi connectivity index (χ4v) is 1.05. The molecule has 0 saturated heterocycles. The molecule has 0 aromatic heterocycles. The number of alkyl carbamates (subject to hydrolysis) is 1. The maximum atomic E-state index is 11.4. The van der Waals surface area contributed by atoms with E-state index in [2.05, 4.69) is 10.1 Å². The Hall–Kier alpha value is -1.77. The molecule has 1 amide bonds. The second kappa shape index (κ2) is 6.74. The fraction of sp³-hybridized carbons (Fsp3) is 0.727. The predicted octanol–water partition coefficient (Wildman–Crippen LogP) is 1.36. The third-order valence-corrected chi connectivity index (χ3v) is 1.72. The summed E-state index contributed by atoms with van der Waals surface area (Å²) in [5, 5.41) is 10.8. The van der Waals surface area contributed by atoms with Gasteiger partial charge in [0.1, 0.15) is 11.6 Å². The number of hydrogen-bond acceptors (Lipinski definition) is 5. The lowest BCUT2D eigenvalue weighted by Crippen LogP contribution is -2.43. The number of amides is 1. The van der Waals surface area contributed by atoms with Crippen LogP contribution >= 0.6 is 0 Å². The minimum Gasteiger partial charge on any atom is -0.467 e. The molecule has 0 aliphatic rings. The van der Waals surface area contributed by atoms with Crippen molar-refractivity contribution in [1.29, 1.82) is 5.26 Å². The molecular formula is C11H18N2O4. The number of carbonyl (C=O) groups excluding carboxylic acids is 2. The zero-order valence-electron chi connectivity index (χ0n) is 10.6. The highest BCUT2D eigenvalue weighted by atomic mass is 16.6. The zero-order valence-corrected chi connectivity index (χ0v) is 10.6. The maximum absolute atomic E-state index is 11.4. The fourth-order valence-electron chi connectivity index (χ4n) is 1.05. The van der Waals surface area contributed by atoms with Crippen LogP contribution in [0.25, 0.3) is 0 Å². The molecule has 0 aromatic carbocycles. The second-order valence-corrected chi connectivity index (χ2v) is 4.42. The maximum Gasteiger partial charge on any atom is 0.408 e. The Morgan fingerprint density at radius 3 is 2.41 bits per heavy atom. The molecular weight excluding hydrogens is 224 g/mol. The minimum atomic E-state index is -0.852. The molecule has 17 heavy (non-hydrogen) atoms. The van der Waals surface area contributed by atoms with Gasteiger partial charge in [0, 0.05) is 6.42 Å². The van der Waals surface area contributed by atoms with E-state index < -0.39 is 23.7 Å². The number of carbonyl (C=O) groups is 2. The zero-order chi connectivity index (χ0) is 13.5. The third-order valence-electron chi connectivity index (χ3n) is 1.72. The van der Waals surface area contributed by atoms with Crippen LogP contribution in [0.2, 0.25) is 0 Å². The smallest absolute Gasteiger partial charge is 0.408 e. The molecule has 0 aromatic rings. The standard InChI is InChI=1S/C11H18N2O4/c1-11(2,3)17-10(15)13-8(6-5-7-12)9(14)16-4/h8H,5-6H2,1-4H3,(H,13,15)/t8-/m1/s1. The van der Waals surface area contributed by atoms with Crippen LogP contribution in [0.15, 0.2) is 0 Å². The van der Waals surface area contributed by atoms with E-state index >= 15 is 0 Å². The van der Waals surface area contributed by atoms with E-state index in [0.717, 1.165) is 0 Å². The minimum absolute atomic E-state index is 0.148. The number of nitriles is 1. The Morgan fingerprint density at radius 2 is 2.00 bits per heavy atom. The average molecular weight is 242 g/mol. The summed E-state index contributed by atoms with van der Waals surface area (Å²) in [6, 6.07) is 1.05. The summed E-state index contributed by atoms with van der Waals surface area (Å²) < 4.78 is 9.52. The lowest BCUT2D eigenvalue weighted by molar-refractivity contribution is -0.143. The Morgan fingerprint density at radius 1 is 1.41 bits per heavy atom. The van der Waals surface area contributed by atoms with E-state index in [9.17, 15) is 9.59 Å². The van der Waals surface area contributed by atoms with E-state index in [1.54, 1.807) is 20.8 Å². The van der Waals surface area contributed by atoms with Gasteiger partial charge in [0.25, 0.3) is 0 Å². The van der Waals surface area contributed by atoms with E-state index in [0.29, 0.717) is 0 Å². The van der Waals surface area contributed by atoms with Crippen LogP contribution in [0.1, 0.15) is 33.6 Å². The first-order valence-electron chi connectivity index (χ1n) is 5.24. The molecule has 96 valence electrons. The van der Waals surface area contributed by atoms with Gasteiger partial charge >= 0.3 is 12.1 Å². The molecule has 6 nitrogen and oxygen atoms in total. The SMILES string of the molecule is COC(=O)[C@@H](CCC#N)NC(=O)OC(C)(C)C. The number of esters is 1. The molecule has 6 heteroatoms. The van der Waals surface area contributed by atoms with Crippen molar-refractivity contribution < 1.29 is 19.1 Å². The lowest BCUT2D eigenvalue weighted by Gasteiger charge is -2.22. The molecule has 0 bridgehead atoms. The summed E-state index contributed by atoms with van der Waals surface area (Å²) >= 11 is 0. The number of nitrogens with one attached hydrogen (secondary N) is 1. The monoisotopic (exact) mass is 242 g/mol. The normalized spacial score (nSPS) is 12.2. The molecule has 0 aliphatic carbocycles. The Labute approximate surface area is 101 Å². The van der Waals surface area contributed by atoms with Crippen LogP contribution in [-0.4, -0.2) is 30.8 Å². The van der Waals surface area contributed by atoms with E-state index in [4.69, 9.17) is 10.00 Å². The summed E-state index contributed by atoms with van der Waals surface area (Å²) in [5.41, 5.74) is -0.639. The van der Waals surface area contributed by atoms with Crippen LogP contribution in [0, 0.1) is 11.3 Å². The van der Waals surface area contributed by atoms with Crippen molar-refractivity contribution in [3.05, 3.63) is 0 Å². The first-order valence-corrected chi connectivity index (χ1v) is 5.24. The number of hydrogen-bond donors (Lipinski definition) is 1. The molecule has 0 rings (SSSR count). The summed E-state index contributed by atoms with van der Waals surface area (Å²) in [4.78, 5) is 22.7. The number of ether oxygens (including phenoxy) is 2. The van der Waals surface area contributed by atoms with Crippen molar-refractivity contribution in [2.24, 2.45) is 0 Å². The highest BCUT2D eigenvalue weighted by Crippen LogP contribution is 2.08. The van der Waals surface area contributed by atoms with E-state index in [-0.39, 0.29) is 12.8 Å². The molecule has 0 aliphatic heterocycles. The van der Waals surface area contributed by atoms with Gasteiger partial charge in [-0.2, -0.15) is 5.26 Å². The second-order valence-electron chi connectivity index (χ2n) is 4.42. The highest BCUT2D eigenvalue weighted by molar-refractivity contribution is 5.81.